The molecule has 0 aromatic rings. The second-order valence-corrected chi connectivity index (χ2v) is 3.59. The Hall–Kier alpha value is -1.17. The highest BCUT2D eigenvalue weighted by molar-refractivity contribution is 5.24. The lowest BCUT2D eigenvalue weighted by atomic mass is 9.96. The van der Waals surface area contributed by atoms with Gasteiger partial charge in [0, 0.05) is 24.6 Å². The van der Waals surface area contributed by atoms with E-state index in [-0.39, 0.29) is 18.1 Å². The van der Waals surface area contributed by atoms with Crippen LogP contribution in [-0.4, -0.2) is 23.2 Å². The molecule has 1 saturated heterocycles. The topological polar surface area (TPSA) is 32.7 Å². The number of hydrogen-bond acceptors (Lipinski definition) is 3. The van der Waals surface area contributed by atoms with Crippen molar-refractivity contribution in [1.82, 2.24) is 5.06 Å². The molecule has 0 spiro atoms. The van der Waals surface area contributed by atoms with Crippen LogP contribution in [0.25, 0.3) is 0 Å². The summed E-state index contributed by atoms with van der Waals surface area (Å²) < 4.78 is 39.6. The lowest BCUT2D eigenvalue weighted by Crippen LogP contribution is -2.18. The van der Waals surface area contributed by atoms with E-state index in [1.165, 1.54) is 12.2 Å². The molecule has 2 rings (SSSR count). The van der Waals surface area contributed by atoms with Crippen LogP contribution >= 0.6 is 0 Å². The van der Waals surface area contributed by atoms with Crippen LogP contribution in [-0.2, 0) is 4.74 Å². The number of hydrogen-bond donors (Lipinski definition) is 1. The summed E-state index contributed by atoms with van der Waals surface area (Å²) in [4.78, 5) is 0. The van der Waals surface area contributed by atoms with Gasteiger partial charge in [0.25, 0.3) is 0 Å². The Labute approximate surface area is 84.4 Å². The second kappa shape index (κ2) is 3.44. The van der Waals surface area contributed by atoms with E-state index in [4.69, 9.17) is 0 Å². The van der Waals surface area contributed by atoms with E-state index >= 15 is 0 Å². The summed E-state index contributed by atoms with van der Waals surface area (Å²) in [5.74, 6) is -0.149. The summed E-state index contributed by atoms with van der Waals surface area (Å²) in [6, 6.07) is 0. The van der Waals surface area contributed by atoms with Gasteiger partial charge < -0.3 is 4.74 Å². The van der Waals surface area contributed by atoms with Gasteiger partial charge in [-0.3, -0.25) is 10.3 Å². The fourth-order valence-electron chi connectivity index (χ4n) is 1.91. The van der Waals surface area contributed by atoms with Crippen molar-refractivity contribution in [2.75, 3.05) is 6.54 Å². The maximum absolute atomic E-state index is 11.9. The quantitative estimate of drug-likeness (QED) is 0.738. The van der Waals surface area contributed by atoms with Crippen LogP contribution in [0, 0.1) is 5.92 Å². The zero-order valence-electron chi connectivity index (χ0n) is 7.79. The molecule has 1 atom stereocenters. The molecule has 1 unspecified atom stereocenters. The van der Waals surface area contributed by atoms with Crippen LogP contribution in [0.15, 0.2) is 23.6 Å². The molecule has 3 nitrogen and oxygen atoms in total. The lowest BCUT2D eigenvalue weighted by Gasteiger charge is -2.21. The summed E-state index contributed by atoms with van der Waals surface area (Å²) in [6.07, 6.45) is -1.05. The average molecular weight is 221 g/mol. The maximum Gasteiger partial charge on any atom is 0.572 e. The van der Waals surface area contributed by atoms with Gasteiger partial charge in [0.2, 0.25) is 0 Å². The Morgan fingerprint density at radius 3 is 2.80 bits per heavy atom. The summed E-state index contributed by atoms with van der Waals surface area (Å²) in [5.41, 5.74) is 0.671. The predicted octanol–water partition coefficient (Wildman–Crippen LogP) is 2.41. The van der Waals surface area contributed by atoms with Crippen molar-refractivity contribution in [1.29, 1.82) is 0 Å². The first-order valence-corrected chi connectivity index (χ1v) is 4.58. The zero-order chi connectivity index (χ0) is 11.1. The van der Waals surface area contributed by atoms with Crippen LogP contribution < -0.4 is 0 Å². The minimum Gasteiger partial charge on any atom is -0.410 e. The number of ether oxygens (including phenoxy) is 1. The highest BCUT2D eigenvalue weighted by Crippen LogP contribution is 2.37. The van der Waals surface area contributed by atoms with E-state index in [0.29, 0.717) is 18.7 Å². The number of allylic oxidation sites excluding steroid dienone is 4. The molecule has 6 heteroatoms. The standard InChI is InChI=1S/C9H10F3NO2/c10-9(11,12)15-7-1-2-8-6(5-7)3-4-13(8)14/h1-2,6,14H,3-5H2. The minimum absolute atomic E-state index is 0.0580. The molecule has 0 aromatic heterocycles. The van der Waals surface area contributed by atoms with Gasteiger partial charge in [-0.1, -0.05) is 0 Å². The largest absolute Gasteiger partial charge is 0.572 e. The molecule has 1 heterocycles. The minimum atomic E-state index is -4.63. The smallest absolute Gasteiger partial charge is 0.410 e. The number of fused-ring (bicyclic) bond motifs is 1. The van der Waals surface area contributed by atoms with Gasteiger partial charge in [-0.15, -0.1) is 13.2 Å². The van der Waals surface area contributed by atoms with Gasteiger partial charge in [-0.05, 0) is 18.6 Å². The second-order valence-electron chi connectivity index (χ2n) is 3.59. The van der Waals surface area contributed by atoms with Crippen LogP contribution in [0.5, 0.6) is 0 Å². The third-order valence-corrected chi connectivity index (χ3v) is 2.54. The van der Waals surface area contributed by atoms with E-state index < -0.39 is 6.36 Å². The molecule has 15 heavy (non-hydrogen) atoms. The van der Waals surface area contributed by atoms with E-state index in [0.717, 1.165) is 5.06 Å². The molecule has 0 radical (unpaired) electrons. The average Bonchev–Trinajstić information content (AvgIpc) is 2.45. The third-order valence-electron chi connectivity index (χ3n) is 2.54. The fraction of sp³-hybridized carbons (Fsp3) is 0.556. The lowest BCUT2D eigenvalue weighted by molar-refractivity contribution is -0.306. The van der Waals surface area contributed by atoms with Crippen molar-refractivity contribution >= 4 is 0 Å². The van der Waals surface area contributed by atoms with E-state index in [2.05, 4.69) is 4.74 Å². The number of alkyl halides is 3. The summed E-state index contributed by atoms with van der Waals surface area (Å²) in [7, 11) is 0. The van der Waals surface area contributed by atoms with Crippen molar-refractivity contribution in [2.45, 2.75) is 19.2 Å². The van der Waals surface area contributed by atoms with Gasteiger partial charge in [0.1, 0.15) is 5.76 Å². The van der Waals surface area contributed by atoms with E-state index in [1.807, 2.05) is 0 Å². The molecule has 1 aliphatic carbocycles. The van der Waals surface area contributed by atoms with Crippen LogP contribution in [0.1, 0.15) is 12.8 Å². The first-order valence-electron chi connectivity index (χ1n) is 4.58. The first-order chi connectivity index (χ1) is 6.96. The monoisotopic (exact) mass is 221 g/mol. The molecule has 1 aliphatic heterocycles. The molecular formula is C9H10F3NO2. The highest BCUT2D eigenvalue weighted by Gasteiger charge is 2.36. The molecule has 84 valence electrons. The number of halogens is 3. The van der Waals surface area contributed by atoms with Crippen molar-refractivity contribution in [3.8, 4) is 0 Å². The van der Waals surface area contributed by atoms with Gasteiger partial charge in [0.05, 0.1) is 0 Å². The summed E-state index contributed by atoms with van der Waals surface area (Å²) >= 11 is 0. The molecule has 0 aromatic carbocycles. The molecule has 2 aliphatic rings. The fourth-order valence-corrected chi connectivity index (χ4v) is 1.91. The van der Waals surface area contributed by atoms with E-state index in [1.54, 1.807) is 0 Å². The maximum atomic E-state index is 11.9. The van der Waals surface area contributed by atoms with Gasteiger partial charge in [-0.25, -0.2) is 0 Å². The van der Waals surface area contributed by atoms with Crippen LogP contribution in [0.4, 0.5) is 13.2 Å². The number of nitrogens with zero attached hydrogens (tertiary/aromatic N) is 1. The van der Waals surface area contributed by atoms with E-state index in [9.17, 15) is 18.4 Å². The van der Waals surface area contributed by atoms with Crippen molar-refractivity contribution in [3.05, 3.63) is 23.6 Å². The molecular weight excluding hydrogens is 211 g/mol. The predicted molar refractivity (Wildman–Crippen MR) is 44.5 cm³/mol. The van der Waals surface area contributed by atoms with Crippen LogP contribution in [0.2, 0.25) is 0 Å². The Morgan fingerprint density at radius 2 is 2.13 bits per heavy atom. The van der Waals surface area contributed by atoms with Gasteiger partial charge in [-0.2, -0.15) is 0 Å². The first kappa shape index (κ1) is 10.4. The highest BCUT2D eigenvalue weighted by atomic mass is 19.4. The Balaban J connectivity index is 2.08. The molecule has 1 fully saturated rings. The Kier molecular flexibility index (Phi) is 2.38. The molecule has 0 saturated carbocycles. The number of rotatable bonds is 1. The summed E-state index contributed by atoms with van der Waals surface area (Å²) in [6.45, 7) is 0.462. The molecule has 0 amide bonds. The third kappa shape index (κ3) is 2.26. The van der Waals surface area contributed by atoms with Crippen molar-refractivity contribution in [3.63, 3.8) is 0 Å². The van der Waals surface area contributed by atoms with Crippen molar-refractivity contribution in [2.24, 2.45) is 5.92 Å². The van der Waals surface area contributed by atoms with Crippen LogP contribution in [0.3, 0.4) is 0 Å². The normalized spacial score (nSPS) is 25.9. The zero-order valence-corrected chi connectivity index (χ0v) is 7.79. The van der Waals surface area contributed by atoms with Gasteiger partial charge in [0.15, 0.2) is 0 Å². The van der Waals surface area contributed by atoms with Crippen molar-refractivity contribution < 1.29 is 23.1 Å². The summed E-state index contributed by atoms with van der Waals surface area (Å²) in [5, 5.41) is 10.4. The molecule has 1 N–H and O–H groups in total. The molecule has 0 bridgehead atoms. The number of hydroxylamine groups is 2. The Bertz CT molecular complexity index is 322. The Morgan fingerprint density at radius 1 is 1.40 bits per heavy atom. The SMILES string of the molecule is ON1CCC2CC(OC(F)(F)F)=CC=C21. The van der Waals surface area contributed by atoms with Gasteiger partial charge >= 0.3 is 6.36 Å².